The average molecular weight is 354 g/mol. The Bertz CT molecular complexity index is 746. The zero-order valence-corrected chi connectivity index (χ0v) is 15.0. The van der Waals surface area contributed by atoms with E-state index in [0.29, 0.717) is 29.8 Å². The fraction of sp³-hybridized carbons (Fsp3) is 0.550. The normalized spacial score (nSPS) is 21.0. The van der Waals surface area contributed by atoms with Crippen LogP contribution >= 0.6 is 0 Å². The summed E-state index contributed by atoms with van der Waals surface area (Å²) in [5, 5.41) is 10.3. The Labute approximate surface area is 153 Å². The first-order valence-corrected chi connectivity index (χ1v) is 9.71. The zero-order chi connectivity index (χ0) is 17.8. The molecule has 1 amide bonds. The number of amides is 1. The molecular formula is C20H26N4O2. The number of hydrogen-bond donors (Lipinski definition) is 2. The number of rotatable bonds is 5. The van der Waals surface area contributed by atoms with Crippen LogP contribution in [0.25, 0.3) is 0 Å². The smallest absolute Gasteiger partial charge is 0.251 e. The van der Waals surface area contributed by atoms with Gasteiger partial charge in [0, 0.05) is 18.0 Å². The summed E-state index contributed by atoms with van der Waals surface area (Å²) >= 11 is 0. The number of carbonyl (C=O) groups is 1. The summed E-state index contributed by atoms with van der Waals surface area (Å²) in [5.74, 6) is 2.06. The Morgan fingerprint density at radius 1 is 1.19 bits per heavy atom. The van der Waals surface area contributed by atoms with Crippen LogP contribution in [0.15, 0.2) is 28.8 Å². The molecule has 2 fully saturated rings. The number of piperidine rings is 1. The zero-order valence-electron chi connectivity index (χ0n) is 15.0. The van der Waals surface area contributed by atoms with Crippen LogP contribution in [0.1, 0.15) is 78.0 Å². The molecule has 138 valence electrons. The fourth-order valence-electron chi connectivity index (χ4n) is 4.01. The van der Waals surface area contributed by atoms with E-state index in [9.17, 15) is 4.79 Å². The highest BCUT2D eigenvalue weighted by Crippen LogP contribution is 2.32. The van der Waals surface area contributed by atoms with Crippen LogP contribution in [0, 0.1) is 0 Å². The lowest BCUT2D eigenvalue weighted by molar-refractivity contribution is 0.0949. The Morgan fingerprint density at radius 3 is 2.85 bits per heavy atom. The first-order valence-electron chi connectivity index (χ1n) is 9.71. The maximum Gasteiger partial charge on any atom is 0.251 e. The highest BCUT2D eigenvalue weighted by molar-refractivity contribution is 5.94. The van der Waals surface area contributed by atoms with E-state index in [1.54, 1.807) is 0 Å². The lowest BCUT2D eigenvalue weighted by Crippen LogP contribution is -2.28. The van der Waals surface area contributed by atoms with Gasteiger partial charge in [0.1, 0.15) is 0 Å². The van der Waals surface area contributed by atoms with Gasteiger partial charge in [0.05, 0.1) is 6.54 Å². The van der Waals surface area contributed by atoms with Crippen LogP contribution in [-0.4, -0.2) is 29.1 Å². The van der Waals surface area contributed by atoms with Gasteiger partial charge in [-0.3, -0.25) is 4.79 Å². The summed E-state index contributed by atoms with van der Waals surface area (Å²) in [7, 11) is 0. The summed E-state index contributed by atoms with van der Waals surface area (Å²) in [6, 6.07) is 7.94. The van der Waals surface area contributed by atoms with Crippen molar-refractivity contribution in [1.82, 2.24) is 20.8 Å². The van der Waals surface area contributed by atoms with E-state index in [-0.39, 0.29) is 5.91 Å². The van der Waals surface area contributed by atoms with Gasteiger partial charge in [-0.1, -0.05) is 30.1 Å². The number of nitrogens with zero attached hydrogens (tertiary/aromatic N) is 2. The van der Waals surface area contributed by atoms with Gasteiger partial charge in [0.25, 0.3) is 5.91 Å². The molecule has 1 aliphatic carbocycles. The largest absolute Gasteiger partial charge is 0.345 e. The van der Waals surface area contributed by atoms with Gasteiger partial charge in [-0.25, -0.2) is 0 Å². The van der Waals surface area contributed by atoms with Crippen molar-refractivity contribution in [1.29, 1.82) is 0 Å². The van der Waals surface area contributed by atoms with Crippen molar-refractivity contribution >= 4 is 5.91 Å². The third-order valence-corrected chi connectivity index (χ3v) is 5.51. The van der Waals surface area contributed by atoms with E-state index in [1.165, 1.54) is 31.2 Å². The molecule has 6 nitrogen and oxygen atoms in total. The summed E-state index contributed by atoms with van der Waals surface area (Å²) in [4.78, 5) is 17.0. The standard InChI is InChI=1S/C20H26N4O2/c25-19(16-8-3-7-15(11-16)17-9-4-10-21-12-17)22-13-18-23-20(26-24-18)14-5-1-2-6-14/h3,7-8,11,14,17,21H,1-2,4-6,9-10,12-13H2,(H,22,25)/t17-/m0/s1. The van der Waals surface area contributed by atoms with Crippen LogP contribution in [0.3, 0.4) is 0 Å². The molecule has 26 heavy (non-hydrogen) atoms. The van der Waals surface area contributed by atoms with Gasteiger partial charge in [-0.15, -0.1) is 0 Å². The maximum atomic E-state index is 12.5. The first-order chi connectivity index (χ1) is 12.8. The van der Waals surface area contributed by atoms with Crippen molar-refractivity contribution in [3.63, 3.8) is 0 Å². The molecule has 2 aromatic rings. The number of carbonyl (C=O) groups excluding carboxylic acids is 1. The highest BCUT2D eigenvalue weighted by Gasteiger charge is 2.23. The molecule has 0 unspecified atom stereocenters. The van der Waals surface area contributed by atoms with E-state index < -0.39 is 0 Å². The Kier molecular flexibility index (Phi) is 5.29. The minimum atomic E-state index is -0.0946. The monoisotopic (exact) mass is 354 g/mol. The van der Waals surface area contributed by atoms with Gasteiger partial charge in [-0.2, -0.15) is 4.98 Å². The van der Waals surface area contributed by atoms with Gasteiger partial charge >= 0.3 is 0 Å². The summed E-state index contributed by atoms with van der Waals surface area (Å²) in [6.07, 6.45) is 7.05. The minimum absolute atomic E-state index is 0.0946. The Hall–Kier alpha value is -2.21. The second-order valence-electron chi connectivity index (χ2n) is 7.38. The number of hydrogen-bond acceptors (Lipinski definition) is 5. The molecule has 1 aromatic carbocycles. The molecule has 1 aromatic heterocycles. The minimum Gasteiger partial charge on any atom is -0.345 e. The predicted molar refractivity (Wildman–Crippen MR) is 98.0 cm³/mol. The van der Waals surface area contributed by atoms with Crippen molar-refractivity contribution in [2.45, 2.75) is 56.9 Å². The lowest BCUT2D eigenvalue weighted by atomic mass is 9.90. The second kappa shape index (κ2) is 7.99. The molecule has 2 heterocycles. The first kappa shape index (κ1) is 17.2. The van der Waals surface area contributed by atoms with E-state index in [4.69, 9.17) is 4.52 Å². The van der Waals surface area contributed by atoms with Crippen molar-refractivity contribution in [3.8, 4) is 0 Å². The van der Waals surface area contributed by atoms with Gasteiger partial charge < -0.3 is 15.2 Å². The Balaban J connectivity index is 1.36. The number of aromatic nitrogens is 2. The lowest BCUT2D eigenvalue weighted by Gasteiger charge is -2.23. The Morgan fingerprint density at radius 2 is 2.04 bits per heavy atom. The molecule has 2 aliphatic rings. The summed E-state index contributed by atoms with van der Waals surface area (Å²) in [6.45, 7) is 2.37. The molecule has 1 saturated carbocycles. The predicted octanol–water partition coefficient (Wildman–Crippen LogP) is 3.12. The van der Waals surface area contributed by atoms with Crippen molar-refractivity contribution in [2.24, 2.45) is 0 Å². The molecule has 1 atom stereocenters. The third-order valence-electron chi connectivity index (χ3n) is 5.51. The maximum absolute atomic E-state index is 12.5. The van der Waals surface area contributed by atoms with Crippen molar-refractivity contribution in [3.05, 3.63) is 47.1 Å². The van der Waals surface area contributed by atoms with Crippen LogP contribution in [0.4, 0.5) is 0 Å². The molecule has 4 rings (SSSR count). The molecule has 0 radical (unpaired) electrons. The van der Waals surface area contributed by atoms with E-state index in [2.05, 4.69) is 26.8 Å². The summed E-state index contributed by atoms with van der Waals surface area (Å²) < 4.78 is 5.37. The van der Waals surface area contributed by atoms with Crippen molar-refractivity contribution < 1.29 is 9.32 Å². The van der Waals surface area contributed by atoms with Crippen molar-refractivity contribution in [2.75, 3.05) is 13.1 Å². The quantitative estimate of drug-likeness (QED) is 0.862. The van der Waals surface area contributed by atoms with Crippen LogP contribution < -0.4 is 10.6 Å². The molecule has 1 saturated heterocycles. The number of nitrogens with one attached hydrogen (secondary N) is 2. The van der Waals surface area contributed by atoms with E-state index in [0.717, 1.165) is 31.8 Å². The average Bonchev–Trinajstić information content (AvgIpc) is 3.38. The molecule has 0 spiro atoms. The molecule has 1 aliphatic heterocycles. The molecule has 2 N–H and O–H groups in total. The molecule has 0 bridgehead atoms. The van der Waals surface area contributed by atoms with Gasteiger partial charge in [0.2, 0.25) is 5.89 Å². The fourth-order valence-corrected chi connectivity index (χ4v) is 4.01. The van der Waals surface area contributed by atoms with Crippen LogP contribution in [0.2, 0.25) is 0 Å². The highest BCUT2D eigenvalue weighted by atomic mass is 16.5. The van der Waals surface area contributed by atoms with Gasteiger partial charge in [0.15, 0.2) is 5.82 Å². The summed E-state index contributed by atoms with van der Waals surface area (Å²) in [5.41, 5.74) is 1.92. The second-order valence-corrected chi connectivity index (χ2v) is 7.38. The van der Waals surface area contributed by atoms with Crippen LogP contribution in [0.5, 0.6) is 0 Å². The molecular weight excluding hydrogens is 328 g/mol. The van der Waals surface area contributed by atoms with Crippen LogP contribution in [-0.2, 0) is 6.54 Å². The van der Waals surface area contributed by atoms with Gasteiger partial charge in [-0.05, 0) is 55.8 Å². The van der Waals surface area contributed by atoms with E-state index >= 15 is 0 Å². The van der Waals surface area contributed by atoms with E-state index in [1.807, 2.05) is 18.2 Å². The number of benzene rings is 1. The third kappa shape index (κ3) is 3.96. The SMILES string of the molecule is O=C(NCc1noc(C2CCCC2)n1)c1cccc([C@H]2CCCNC2)c1. The molecule has 6 heteroatoms. The topological polar surface area (TPSA) is 80.1 Å².